The second-order valence-corrected chi connectivity index (χ2v) is 16.9. The Kier molecular flexibility index (Phi) is 21.0. The van der Waals surface area contributed by atoms with Crippen LogP contribution in [0.1, 0.15) is 58.8 Å². The maximum Gasteiger partial charge on any atom is 1.00 e. The van der Waals surface area contributed by atoms with Gasteiger partial charge in [0.25, 0.3) is 0 Å². The number of hydrogen-bond acceptors (Lipinski definition) is 11. The van der Waals surface area contributed by atoms with Crippen molar-refractivity contribution in [3.05, 3.63) is 114 Å². The number of nitrogens with zero attached hydrogens (tertiary/aromatic N) is 6. The molecule has 5 N–H and O–H groups in total. The van der Waals surface area contributed by atoms with Gasteiger partial charge < -0.3 is 35.9 Å². The number of fused-ring (bicyclic) bond motifs is 2. The summed E-state index contributed by atoms with van der Waals surface area (Å²) in [5, 5.41) is 13.2. The van der Waals surface area contributed by atoms with E-state index in [1.807, 2.05) is 92.2 Å². The van der Waals surface area contributed by atoms with Gasteiger partial charge in [-0.05, 0) is 82.7 Å². The van der Waals surface area contributed by atoms with Crippen molar-refractivity contribution in [3.8, 4) is 28.2 Å². The molecule has 2 aliphatic rings. The number of rotatable bonds is 9. The largest absolute Gasteiger partial charge is 1.00 e. The van der Waals surface area contributed by atoms with Gasteiger partial charge in [0.05, 0.1) is 39.3 Å². The van der Waals surface area contributed by atoms with Crippen LogP contribution in [0.25, 0.3) is 50.0 Å². The number of carbonyl (C=O) groups is 1. The normalized spacial score (nSPS) is 17.6. The Balaban J connectivity index is 0.000000285. The first kappa shape index (κ1) is 55.7. The molecular formula is C47H52Cl2F3N10NaO4S. The maximum atomic E-state index is 12.9. The Labute approximate surface area is 428 Å². The number of benzene rings is 3. The number of aromatic nitrogens is 6. The molecule has 0 aliphatic heterocycles. The minimum Gasteiger partial charge on any atom is -0.870 e. The summed E-state index contributed by atoms with van der Waals surface area (Å²) in [6.07, 6.45) is 9.26. The van der Waals surface area contributed by atoms with Crippen LogP contribution >= 0.6 is 23.2 Å². The molecule has 356 valence electrons. The quantitative estimate of drug-likeness (QED) is 0.105. The third-order valence-electron chi connectivity index (χ3n) is 11.8. The molecule has 2 fully saturated rings. The van der Waals surface area contributed by atoms with Crippen molar-refractivity contribution in [3.63, 3.8) is 0 Å². The van der Waals surface area contributed by atoms with E-state index in [2.05, 4.69) is 41.5 Å². The van der Waals surface area contributed by atoms with Gasteiger partial charge in [-0.2, -0.15) is 21.6 Å². The molecule has 0 bridgehead atoms. The molecule has 0 spiro atoms. The fraction of sp³-hybridized carbons (Fsp3) is 0.340. The van der Waals surface area contributed by atoms with Gasteiger partial charge in [-0.15, -0.1) is 0 Å². The zero-order chi connectivity index (χ0) is 46.1. The predicted molar refractivity (Wildman–Crippen MR) is 258 cm³/mol. The van der Waals surface area contributed by atoms with Gasteiger partial charge in [-0.3, -0.25) is 4.79 Å². The van der Waals surface area contributed by atoms with Gasteiger partial charge in [0.1, 0.15) is 0 Å². The first-order chi connectivity index (χ1) is 31.4. The van der Waals surface area contributed by atoms with Crippen molar-refractivity contribution >= 4 is 74.4 Å². The number of carbonyl (C=O) groups excluding carboxylic acids is 1. The number of anilines is 2. The van der Waals surface area contributed by atoms with Gasteiger partial charge >= 0.3 is 53.2 Å². The second kappa shape index (κ2) is 25.6. The molecule has 4 aromatic heterocycles. The average molecular weight is 1000 g/mol. The molecule has 2 saturated carbocycles. The van der Waals surface area contributed by atoms with Crippen LogP contribution in [0.2, 0.25) is 10.0 Å². The maximum absolute atomic E-state index is 12.9. The smallest absolute Gasteiger partial charge is 0.870 e. The third-order valence-corrected chi connectivity index (χ3v) is 12.4. The number of alkyl halides is 3. The Morgan fingerprint density at radius 1 is 0.779 bits per heavy atom. The van der Waals surface area contributed by atoms with E-state index in [1.54, 1.807) is 6.20 Å². The topological polar surface area (TPSA) is 193 Å². The van der Waals surface area contributed by atoms with Crippen molar-refractivity contribution in [1.82, 2.24) is 39.7 Å². The van der Waals surface area contributed by atoms with E-state index < -0.39 is 29.7 Å². The van der Waals surface area contributed by atoms with Crippen LogP contribution in [0.5, 0.6) is 0 Å². The minimum absolute atomic E-state index is 0. The Morgan fingerprint density at radius 2 is 1.31 bits per heavy atom. The molecule has 4 heterocycles. The molecule has 9 rings (SSSR count). The molecular weight excluding hydrogens is 952 g/mol. The van der Waals surface area contributed by atoms with E-state index in [0.29, 0.717) is 59.0 Å². The first-order valence-electron chi connectivity index (χ1n) is 21.1. The van der Waals surface area contributed by atoms with Crippen LogP contribution in [-0.2, 0) is 16.4 Å². The van der Waals surface area contributed by atoms with E-state index in [9.17, 15) is 18.0 Å². The van der Waals surface area contributed by atoms with Crippen molar-refractivity contribution in [2.75, 3.05) is 24.7 Å². The van der Waals surface area contributed by atoms with E-state index in [4.69, 9.17) is 41.6 Å². The van der Waals surface area contributed by atoms with Crippen molar-refractivity contribution in [1.29, 1.82) is 0 Å². The zero-order valence-corrected chi connectivity index (χ0v) is 41.3. The molecule has 7 aromatic rings. The van der Waals surface area contributed by atoms with Gasteiger partial charge in [0, 0.05) is 76.7 Å². The first-order valence-corrected chi connectivity index (χ1v) is 22.5. The summed E-state index contributed by atoms with van der Waals surface area (Å²) in [5.74, 6) is -0.837. The standard InChI is InChI=1S/C27H25ClF3N5O.C19H22ClN5.CH4.Na.O2S.H2O/c1-35(25(37)27(29,30)31)19-11-7-8-17(14-19)33-26-32-15-22(28)24(34-26)21-16-36(18-9-3-2-4-10-18)23-13-6-5-12-20(21)23;1-21-12-5-4-6-13(9-12)24-19-23-11-16(20)18(25-19)15-10-22-17-8-3-2-7-14(15)17;;;1-3-2;/h2-6,9-10,12-13,15-17,19H,7-8,11,14H2,1H3,(H,32,33,34);2-3,7-8,10-13,21-22H,4-6,9H2,1H3,(H,23,24,25);1H4;;;1H2/q;;;+1;;/p-1/t17-,19+;12-,13+;;;;/m10..../s1. The molecule has 14 nitrogen and oxygen atoms in total. The number of nitrogens with one attached hydrogen (secondary N) is 4. The van der Waals surface area contributed by atoms with Crippen LogP contribution < -0.4 is 45.5 Å². The number of aromatic amines is 1. The van der Waals surface area contributed by atoms with Crippen molar-refractivity contribution in [2.24, 2.45) is 0 Å². The summed E-state index contributed by atoms with van der Waals surface area (Å²) in [7, 11) is 3.24. The van der Waals surface area contributed by atoms with E-state index in [-0.39, 0.29) is 48.5 Å². The van der Waals surface area contributed by atoms with Gasteiger partial charge in [0.15, 0.2) is 0 Å². The van der Waals surface area contributed by atoms with E-state index in [1.165, 1.54) is 26.1 Å². The van der Waals surface area contributed by atoms with Crippen LogP contribution in [0.4, 0.5) is 25.1 Å². The summed E-state index contributed by atoms with van der Waals surface area (Å²) >= 11 is 12.2. The minimum atomic E-state index is -4.89. The molecule has 4 atom stereocenters. The predicted octanol–water partition coefficient (Wildman–Crippen LogP) is 7.50. The molecule has 0 saturated heterocycles. The average Bonchev–Trinajstić information content (AvgIpc) is 3.93. The van der Waals surface area contributed by atoms with Crippen LogP contribution in [0, 0.1) is 0 Å². The molecule has 3 aromatic carbocycles. The third kappa shape index (κ3) is 13.4. The molecule has 0 radical (unpaired) electrons. The van der Waals surface area contributed by atoms with E-state index in [0.717, 1.165) is 68.5 Å². The molecule has 1 amide bonds. The Hall–Kier alpha value is -4.92. The monoisotopic (exact) mass is 1000 g/mol. The van der Waals surface area contributed by atoms with Crippen LogP contribution in [0.15, 0.2) is 104 Å². The summed E-state index contributed by atoms with van der Waals surface area (Å²) in [6.45, 7) is 0. The Morgan fingerprint density at radius 3 is 1.93 bits per heavy atom. The summed E-state index contributed by atoms with van der Waals surface area (Å²) < 4.78 is 57.4. The molecule has 21 heteroatoms. The molecule has 68 heavy (non-hydrogen) atoms. The Bertz CT molecular complexity index is 2780. The fourth-order valence-electron chi connectivity index (χ4n) is 8.65. The summed E-state index contributed by atoms with van der Waals surface area (Å²) in [6, 6.07) is 26.3. The zero-order valence-electron chi connectivity index (χ0n) is 36.9. The van der Waals surface area contributed by atoms with Crippen molar-refractivity contribution in [2.45, 2.75) is 89.1 Å². The van der Waals surface area contributed by atoms with Crippen LogP contribution in [-0.4, -0.2) is 98.6 Å². The van der Waals surface area contributed by atoms with Gasteiger partial charge in [-0.25, -0.2) is 19.9 Å². The number of halogens is 5. The summed E-state index contributed by atoms with van der Waals surface area (Å²) in [4.78, 5) is 33.9. The fourth-order valence-corrected chi connectivity index (χ4v) is 9.04. The van der Waals surface area contributed by atoms with Crippen LogP contribution in [0.3, 0.4) is 0 Å². The SMILES string of the molecule is C.CN(C(=O)C(F)(F)F)[C@H]1CCC[C@@H](Nc2ncc(Cl)c(-c3cn(-c4ccccc4)c4ccccc34)n2)C1.CN[C@H]1CCC[C@@H](Nc2ncc(Cl)c(-c3c[nH]c4ccccc34)n2)C1.O=S=O.[Na+].[OH-]. The second-order valence-electron chi connectivity index (χ2n) is 15.9. The summed E-state index contributed by atoms with van der Waals surface area (Å²) in [5.41, 5.74) is 6.24. The molecule has 0 unspecified atom stereocenters. The van der Waals surface area contributed by atoms with Crippen molar-refractivity contribution < 1.29 is 61.4 Å². The number of amides is 1. The number of hydrogen-bond donors (Lipinski definition) is 4. The van der Waals surface area contributed by atoms with E-state index >= 15 is 0 Å². The molecule has 2 aliphatic carbocycles. The van der Waals surface area contributed by atoms with Gasteiger partial charge in [0.2, 0.25) is 11.9 Å². The number of H-pyrrole nitrogens is 1. The van der Waals surface area contributed by atoms with Gasteiger partial charge in [-0.1, -0.05) is 85.2 Å². The number of para-hydroxylation sites is 3.